The number of H-pyrrole nitrogens is 1. The Morgan fingerprint density at radius 2 is 1.89 bits per heavy atom. The number of nitrogens with zero attached hydrogens (tertiary/aromatic N) is 6. The van der Waals surface area contributed by atoms with Crippen LogP contribution in [0.15, 0.2) is 77.9 Å². The van der Waals surface area contributed by atoms with Gasteiger partial charge in [0.05, 0.1) is 18.1 Å². The Morgan fingerprint density at radius 3 is 2.65 bits per heavy atom. The summed E-state index contributed by atoms with van der Waals surface area (Å²) in [4.78, 5) is 22.7. The summed E-state index contributed by atoms with van der Waals surface area (Å²) >= 11 is 0. The predicted molar refractivity (Wildman–Crippen MR) is 139 cm³/mol. The van der Waals surface area contributed by atoms with Gasteiger partial charge in [-0.25, -0.2) is 9.07 Å². The number of halogens is 1. The number of nitrogens with one attached hydrogen (secondary N) is 1. The number of hydrogen-bond acceptors (Lipinski definition) is 6. The molecule has 0 aliphatic carbocycles. The molecule has 0 aliphatic heterocycles. The SMILES string of the molecule is CCC(c1nnnn1Cc1ccc(F)cc1)N(Cc1cccnc1)Cc1cc2cccc(C)c2[nH]c1=O. The highest BCUT2D eigenvalue weighted by Gasteiger charge is 2.26. The third-order valence-electron chi connectivity index (χ3n) is 6.58. The van der Waals surface area contributed by atoms with Crippen LogP contribution < -0.4 is 5.56 Å². The lowest BCUT2D eigenvalue weighted by Gasteiger charge is -2.30. The first kappa shape index (κ1) is 24.5. The molecule has 37 heavy (non-hydrogen) atoms. The number of rotatable bonds is 9. The fraction of sp³-hybridized carbons (Fsp3) is 0.250. The molecule has 3 heterocycles. The molecule has 5 aromatic rings. The highest BCUT2D eigenvalue weighted by molar-refractivity contribution is 5.81. The van der Waals surface area contributed by atoms with Gasteiger partial charge < -0.3 is 4.98 Å². The fourth-order valence-corrected chi connectivity index (χ4v) is 4.70. The van der Waals surface area contributed by atoms with E-state index in [9.17, 15) is 9.18 Å². The zero-order valence-corrected chi connectivity index (χ0v) is 20.8. The van der Waals surface area contributed by atoms with E-state index in [-0.39, 0.29) is 17.4 Å². The molecule has 0 spiro atoms. The summed E-state index contributed by atoms with van der Waals surface area (Å²) in [6.07, 6.45) is 4.29. The normalized spacial score (nSPS) is 12.3. The first-order chi connectivity index (χ1) is 18.0. The van der Waals surface area contributed by atoms with E-state index in [2.05, 4.69) is 37.3 Å². The minimum atomic E-state index is -0.287. The maximum absolute atomic E-state index is 13.4. The van der Waals surface area contributed by atoms with Gasteiger partial charge in [-0.15, -0.1) is 5.10 Å². The molecule has 0 aliphatic rings. The van der Waals surface area contributed by atoms with Gasteiger partial charge in [0.2, 0.25) is 0 Å². The van der Waals surface area contributed by atoms with Crippen LogP contribution in [-0.2, 0) is 19.6 Å². The number of aromatic amines is 1. The van der Waals surface area contributed by atoms with Gasteiger partial charge in [-0.2, -0.15) is 0 Å². The van der Waals surface area contributed by atoms with Crippen molar-refractivity contribution in [2.75, 3.05) is 0 Å². The number of fused-ring (bicyclic) bond motifs is 1. The molecule has 1 atom stereocenters. The van der Waals surface area contributed by atoms with Crippen molar-refractivity contribution < 1.29 is 4.39 Å². The molecule has 1 N–H and O–H groups in total. The van der Waals surface area contributed by atoms with Crippen LogP contribution in [0.4, 0.5) is 4.39 Å². The molecule has 3 aromatic heterocycles. The van der Waals surface area contributed by atoms with Crippen molar-refractivity contribution in [1.82, 2.24) is 35.1 Å². The summed E-state index contributed by atoms with van der Waals surface area (Å²) in [6, 6.07) is 18.0. The van der Waals surface area contributed by atoms with E-state index < -0.39 is 0 Å². The lowest BCUT2D eigenvalue weighted by atomic mass is 10.1. The van der Waals surface area contributed by atoms with Crippen LogP contribution in [0.2, 0.25) is 0 Å². The molecule has 188 valence electrons. The molecule has 0 fully saturated rings. The monoisotopic (exact) mass is 497 g/mol. The maximum Gasteiger partial charge on any atom is 0.252 e. The summed E-state index contributed by atoms with van der Waals surface area (Å²) in [5, 5.41) is 13.5. The van der Waals surface area contributed by atoms with Crippen molar-refractivity contribution in [3.05, 3.63) is 117 Å². The van der Waals surface area contributed by atoms with Crippen LogP contribution >= 0.6 is 0 Å². The Kier molecular flexibility index (Phi) is 7.14. The number of aromatic nitrogens is 6. The zero-order chi connectivity index (χ0) is 25.8. The van der Waals surface area contributed by atoms with Crippen molar-refractivity contribution in [3.8, 4) is 0 Å². The molecule has 0 radical (unpaired) electrons. The third-order valence-corrected chi connectivity index (χ3v) is 6.58. The predicted octanol–water partition coefficient (Wildman–Crippen LogP) is 4.56. The van der Waals surface area contributed by atoms with E-state index in [0.29, 0.717) is 37.4 Å². The Hall–Kier alpha value is -4.24. The van der Waals surface area contributed by atoms with Gasteiger partial charge in [0, 0.05) is 31.0 Å². The van der Waals surface area contributed by atoms with Crippen LogP contribution in [0.25, 0.3) is 10.9 Å². The first-order valence-corrected chi connectivity index (χ1v) is 12.3. The molecule has 0 saturated heterocycles. The lowest BCUT2D eigenvalue weighted by molar-refractivity contribution is 0.161. The summed E-state index contributed by atoms with van der Waals surface area (Å²) in [7, 11) is 0. The number of aryl methyl sites for hydroxylation is 1. The highest BCUT2D eigenvalue weighted by Crippen LogP contribution is 2.27. The van der Waals surface area contributed by atoms with E-state index in [1.165, 1.54) is 12.1 Å². The van der Waals surface area contributed by atoms with Gasteiger partial charge in [0.25, 0.3) is 5.56 Å². The molecule has 8 nitrogen and oxygen atoms in total. The van der Waals surface area contributed by atoms with Gasteiger partial charge in [-0.1, -0.05) is 43.3 Å². The molecule has 0 amide bonds. The lowest BCUT2D eigenvalue weighted by Crippen LogP contribution is -2.32. The second kappa shape index (κ2) is 10.8. The highest BCUT2D eigenvalue weighted by atomic mass is 19.1. The van der Waals surface area contributed by atoms with Gasteiger partial charge in [-0.3, -0.25) is 14.7 Å². The van der Waals surface area contributed by atoms with E-state index in [4.69, 9.17) is 0 Å². The third kappa shape index (κ3) is 5.46. The molecule has 0 saturated carbocycles. The maximum atomic E-state index is 13.4. The zero-order valence-electron chi connectivity index (χ0n) is 20.8. The number of hydrogen-bond donors (Lipinski definition) is 1. The average Bonchev–Trinajstić information content (AvgIpc) is 3.35. The number of tetrazole rings is 1. The van der Waals surface area contributed by atoms with Crippen molar-refractivity contribution in [2.45, 2.75) is 45.9 Å². The Labute approximate surface area is 213 Å². The van der Waals surface area contributed by atoms with Gasteiger partial charge in [0.15, 0.2) is 5.82 Å². The number of pyridine rings is 2. The largest absolute Gasteiger partial charge is 0.321 e. The Bertz CT molecular complexity index is 1550. The van der Waals surface area contributed by atoms with Crippen molar-refractivity contribution >= 4 is 10.9 Å². The van der Waals surface area contributed by atoms with Gasteiger partial charge in [-0.05, 0) is 70.1 Å². The molecule has 1 unspecified atom stereocenters. The van der Waals surface area contributed by atoms with Crippen molar-refractivity contribution in [1.29, 1.82) is 0 Å². The van der Waals surface area contributed by atoms with Gasteiger partial charge >= 0.3 is 0 Å². The van der Waals surface area contributed by atoms with Crippen LogP contribution in [0, 0.1) is 12.7 Å². The van der Waals surface area contributed by atoms with Crippen molar-refractivity contribution in [2.24, 2.45) is 0 Å². The summed E-state index contributed by atoms with van der Waals surface area (Å²) < 4.78 is 15.2. The van der Waals surface area contributed by atoms with Crippen LogP contribution in [0.3, 0.4) is 0 Å². The Morgan fingerprint density at radius 1 is 1.05 bits per heavy atom. The number of para-hydroxylation sites is 1. The van der Waals surface area contributed by atoms with E-state index >= 15 is 0 Å². The summed E-state index contributed by atoms with van der Waals surface area (Å²) in [5.41, 5.74) is 4.35. The minimum absolute atomic E-state index is 0.112. The fourth-order valence-electron chi connectivity index (χ4n) is 4.70. The number of benzene rings is 2. The van der Waals surface area contributed by atoms with E-state index in [1.54, 1.807) is 23.0 Å². The standard InChI is InChI=1S/C28H28FN7O/c1-3-25(27-32-33-34-36(27)17-20-9-11-24(29)12-10-20)35(16-21-7-5-13-30-15-21)18-23-14-22-8-4-6-19(2)26(22)31-28(23)37/h4-15,25H,3,16-18H2,1-2H3,(H,31,37). The van der Waals surface area contributed by atoms with E-state index in [0.717, 1.165) is 27.6 Å². The second-order valence-electron chi connectivity index (χ2n) is 9.17. The molecular weight excluding hydrogens is 469 g/mol. The van der Waals surface area contributed by atoms with Gasteiger partial charge in [0.1, 0.15) is 5.82 Å². The molecule has 9 heteroatoms. The topological polar surface area (TPSA) is 92.6 Å². The molecule has 5 rings (SSSR count). The Balaban J connectivity index is 1.51. The van der Waals surface area contributed by atoms with Crippen molar-refractivity contribution in [3.63, 3.8) is 0 Å². The summed E-state index contributed by atoms with van der Waals surface area (Å²) in [5.74, 6) is 0.398. The quantitative estimate of drug-likeness (QED) is 0.321. The van der Waals surface area contributed by atoms with Crippen LogP contribution in [0.5, 0.6) is 0 Å². The van der Waals surface area contributed by atoms with Crippen LogP contribution in [-0.4, -0.2) is 35.1 Å². The first-order valence-electron chi connectivity index (χ1n) is 12.3. The summed E-state index contributed by atoms with van der Waals surface area (Å²) in [6.45, 7) is 5.43. The molecule has 0 bridgehead atoms. The molecular formula is C28H28FN7O. The second-order valence-corrected chi connectivity index (χ2v) is 9.17. The average molecular weight is 498 g/mol. The van der Waals surface area contributed by atoms with Crippen LogP contribution in [0.1, 0.15) is 47.5 Å². The van der Waals surface area contributed by atoms with E-state index in [1.807, 2.05) is 49.5 Å². The minimum Gasteiger partial charge on any atom is -0.321 e. The smallest absolute Gasteiger partial charge is 0.252 e. The molecule has 2 aromatic carbocycles.